The van der Waals surface area contributed by atoms with Crippen molar-refractivity contribution in [1.29, 1.82) is 0 Å². The third-order valence-corrected chi connectivity index (χ3v) is 8.54. The molecule has 220 valence electrons. The van der Waals surface area contributed by atoms with Gasteiger partial charge in [0.1, 0.15) is 5.75 Å². The summed E-state index contributed by atoms with van der Waals surface area (Å²) in [6.07, 6.45) is 5.71. The minimum Gasteiger partial charge on any atom is -0.427 e. The Hall–Kier alpha value is -2.75. The second-order valence-corrected chi connectivity index (χ2v) is 12.9. The SMILES string of the molecule is CCCN(CCCCN1CCN(Cc2ccc(OC(C)=O)cc2)CCC1=O)C(C)Cc1ccc(S(C)(=O)=O)cc1. The number of sulfone groups is 1. The number of unbranched alkanes of at least 4 members (excludes halogenated alkanes) is 1. The maximum Gasteiger partial charge on any atom is 0.308 e. The lowest BCUT2D eigenvalue weighted by Gasteiger charge is -2.29. The molecule has 0 bridgehead atoms. The minimum absolute atomic E-state index is 0.226. The number of benzene rings is 2. The standard InChI is InChI=1S/C31H45N3O5S/c1-5-17-33(25(2)23-27-10-14-30(15-11-27)40(4,37)38)18-6-7-19-34-22-21-32(20-16-31(34)36)24-28-8-12-29(13-9-28)39-26(3)35/h8-15,25H,5-7,16-24H2,1-4H3. The van der Waals surface area contributed by atoms with Crippen LogP contribution in [0.1, 0.15) is 57.6 Å². The molecule has 9 heteroatoms. The van der Waals surface area contributed by atoms with Gasteiger partial charge in [-0.05, 0) is 81.1 Å². The Bertz CT molecular complexity index is 1200. The van der Waals surface area contributed by atoms with Gasteiger partial charge in [0.05, 0.1) is 4.90 Å². The normalized spacial score (nSPS) is 15.7. The first kappa shape index (κ1) is 31.8. The summed E-state index contributed by atoms with van der Waals surface area (Å²) in [6.45, 7) is 11.7. The molecule has 1 unspecified atom stereocenters. The van der Waals surface area contributed by atoms with Crippen molar-refractivity contribution in [3.8, 4) is 5.75 Å². The van der Waals surface area contributed by atoms with Crippen LogP contribution in [0.25, 0.3) is 0 Å². The molecule has 0 spiro atoms. The van der Waals surface area contributed by atoms with E-state index in [2.05, 4.69) is 23.6 Å². The van der Waals surface area contributed by atoms with E-state index in [1.807, 2.05) is 41.3 Å². The number of carbonyl (C=O) groups excluding carboxylic acids is 2. The Labute approximate surface area is 240 Å². The number of carbonyl (C=O) groups is 2. The van der Waals surface area contributed by atoms with E-state index >= 15 is 0 Å². The first-order valence-electron chi connectivity index (χ1n) is 14.4. The van der Waals surface area contributed by atoms with Gasteiger partial charge in [-0.15, -0.1) is 0 Å². The summed E-state index contributed by atoms with van der Waals surface area (Å²) in [7, 11) is -3.18. The Balaban J connectivity index is 1.43. The molecule has 0 N–H and O–H groups in total. The van der Waals surface area contributed by atoms with Gasteiger partial charge in [-0.3, -0.25) is 14.5 Å². The molecule has 3 rings (SSSR count). The zero-order valence-electron chi connectivity index (χ0n) is 24.5. The summed E-state index contributed by atoms with van der Waals surface area (Å²) >= 11 is 0. The molecular formula is C31H45N3O5S. The zero-order chi connectivity index (χ0) is 29.1. The Morgan fingerprint density at radius 1 is 0.975 bits per heavy atom. The highest BCUT2D eigenvalue weighted by molar-refractivity contribution is 7.90. The molecule has 0 aliphatic carbocycles. The van der Waals surface area contributed by atoms with E-state index in [-0.39, 0.29) is 11.9 Å². The van der Waals surface area contributed by atoms with Crippen molar-refractivity contribution in [3.05, 3.63) is 59.7 Å². The van der Waals surface area contributed by atoms with Gasteiger partial charge in [0, 0.05) is 58.4 Å². The van der Waals surface area contributed by atoms with Gasteiger partial charge in [0.2, 0.25) is 5.91 Å². The molecule has 1 amide bonds. The Kier molecular flexibility index (Phi) is 12.2. The lowest BCUT2D eigenvalue weighted by molar-refractivity contribution is -0.132. The van der Waals surface area contributed by atoms with Crippen LogP contribution in [0.4, 0.5) is 0 Å². The molecule has 1 saturated heterocycles. The molecule has 40 heavy (non-hydrogen) atoms. The molecule has 2 aromatic rings. The summed E-state index contributed by atoms with van der Waals surface area (Å²) in [5.74, 6) is 0.443. The van der Waals surface area contributed by atoms with Crippen molar-refractivity contribution in [2.45, 2.75) is 70.4 Å². The predicted molar refractivity (Wildman–Crippen MR) is 158 cm³/mol. The average molecular weight is 572 g/mol. The Morgan fingerprint density at radius 2 is 1.65 bits per heavy atom. The van der Waals surface area contributed by atoms with Gasteiger partial charge in [0.25, 0.3) is 0 Å². The van der Waals surface area contributed by atoms with Gasteiger partial charge >= 0.3 is 5.97 Å². The van der Waals surface area contributed by atoms with Crippen molar-refractivity contribution >= 4 is 21.7 Å². The van der Waals surface area contributed by atoms with Crippen LogP contribution in [-0.4, -0.2) is 86.6 Å². The fourth-order valence-corrected chi connectivity index (χ4v) is 5.82. The monoisotopic (exact) mass is 571 g/mol. The van der Waals surface area contributed by atoms with E-state index in [1.165, 1.54) is 13.2 Å². The maximum atomic E-state index is 12.8. The second-order valence-electron chi connectivity index (χ2n) is 10.9. The van der Waals surface area contributed by atoms with E-state index in [0.29, 0.717) is 23.1 Å². The fraction of sp³-hybridized carbons (Fsp3) is 0.548. The largest absolute Gasteiger partial charge is 0.427 e. The van der Waals surface area contributed by atoms with Gasteiger partial charge in [-0.1, -0.05) is 31.2 Å². The third kappa shape index (κ3) is 10.3. The molecular weight excluding hydrogens is 526 g/mol. The fourth-order valence-electron chi connectivity index (χ4n) is 5.19. The van der Waals surface area contributed by atoms with Gasteiger partial charge in [-0.25, -0.2) is 8.42 Å². The van der Waals surface area contributed by atoms with Crippen LogP contribution < -0.4 is 4.74 Å². The lowest BCUT2D eigenvalue weighted by atomic mass is 10.1. The smallest absolute Gasteiger partial charge is 0.308 e. The molecule has 1 heterocycles. The summed E-state index contributed by atoms with van der Waals surface area (Å²) < 4.78 is 28.6. The van der Waals surface area contributed by atoms with E-state index in [9.17, 15) is 18.0 Å². The minimum atomic E-state index is -3.18. The summed E-state index contributed by atoms with van der Waals surface area (Å²) in [5, 5.41) is 0. The molecule has 1 fully saturated rings. The summed E-state index contributed by atoms with van der Waals surface area (Å²) in [6, 6.07) is 15.1. The highest BCUT2D eigenvalue weighted by atomic mass is 32.2. The quantitative estimate of drug-likeness (QED) is 0.191. The topological polar surface area (TPSA) is 87.2 Å². The van der Waals surface area contributed by atoms with E-state index < -0.39 is 9.84 Å². The number of hydrogen-bond donors (Lipinski definition) is 0. The number of nitrogens with zero attached hydrogens (tertiary/aromatic N) is 3. The van der Waals surface area contributed by atoms with Crippen molar-refractivity contribution in [2.24, 2.45) is 0 Å². The summed E-state index contributed by atoms with van der Waals surface area (Å²) in [5.41, 5.74) is 2.27. The Morgan fingerprint density at radius 3 is 2.27 bits per heavy atom. The van der Waals surface area contributed by atoms with Crippen LogP contribution >= 0.6 is 0 Å². The van der Waals surface area contributed by atoms with Gasteiger partial charge in [-0.2, -0.15) is 0 Å². The zero-order valence-corrected chi connectivity index (χ0v) is 25.3. The van der Waals surface area contributed by atoms with Crippen LogP contribution in [0.15, 0.2) is 53.4 Å². The molecule has 1 aliphatic heterocycles. The highest BCUT2D eigenvalue weighted by Gasteiger charge is 2.21. The predicted octanol–water partition coefficient (Wildman–Crippen LogP) is 4.17. The van der Waals surface area contributed by atoms with Gasteiger partial charge < -0.3 is 14.5 Å². The molecule has 8 nitrogen and oxygen atoms in total. The second kappa shape index (κ2) is 15.3. The molecule has 2 aromatic carbocycles. The van der Waals surface area contributed by atoms with Crippen LogP contribution in [0.3, 0.4) is 0 Å². The third-order valence-electron chi connectivity index (χ3n) is 7.41. The maximum absolute atomic E-state index is 12.8. The highest BCUT2D eigenvalue weighted by Crippen LogP contribution is 2.17. The molecule has 1 aliphatic rings. The van der Waals surface area contributed by atoms with Crippen molar-refractivity contribution in [2.75, 3.05) is 45.5 Å². The first-order chi connectivity index (χ1) is 19.0. The summed E-state index contributed by atoms with van der Waals surface area (Å²) in [4.78, 5) is 31.1. The number of esters is 1. The van der Waals surface area contributed by atoms with Crippen molar-refractivity contribution in [3.63, 3.8) is 0 Å². The van der Waals surface area contributed by atoms with Crippen LogP contribution in [0.5, 0.6) is 5.75 Å². The number of rotatable bonds is 14. The molecule has 0 radical (unpaired) electrons. The molecule has 0 aromatic heterocycles. The number of hydrogen-bond acceptors (Lipinski definition) is 7. The molecule has 0 saturated carbocycles. The first-order valence-corrected chi connectivity index (χ1v) is 16.2. The van der Waals surface area contributed by atoms with Crippen LogP contribution in [0.2, 0.25) is 0 Å². The average Bonchev–Trinajstić information content (AvgIpc) is 3.07. The molecule has 1 atom stereocenters. The van der Waals surface area contributed by atoms with Gasteiger partial charge in [0.15, 0.2) is 9.84 Å². The van der Waals surface area contributed by atoms with E-state index in [4.69, 9.17) is 4.74 Å². The van der Waals surface area contributed by atoms with Crippen LogP contribution in [0, 0.1) is 0 Å². The number of amides is 1. The lowest BCUT2D eigenvalue weighted by Crippen LogP contribution is -2.37. The van der Waals surface area contributed by atoms with E-state index in [0.717, 1.165) is 82.6 Å². The van der Waals surface area contributed by atoms with E-state index in [1.54, 1.807) is 12.1 Å². The van der Waals surface area contributed by atoms with Crippen molar-refractivity contribution < 1.29 is 22.7 Å². The van der Waals surface area contributed by atoms with Crippen molar-refractivity contribution in [1.82, 2.24) is 14.7 Å². The van der Waals surface area contributed by atoms with Crippen LogP contribution in [-0.2, 0) is 32.4 Å². The number of ether oxygens (including phenoxy) is 1.